The number of carbonyl (C=O) groups excluding carboxylic acids is 1. The van der Waals surface area contributed by atoms with Crippen LogP contribution >= 0.6 is 0 Å². The standard InChI is InChI=1S/C14H15F3N2O4/c15-14(16,17)8-23-11-3-1-10(2-4-11)18-13(22)19-6-5-9(7-19)12(20)21/h1-4,9H,5-8H2,(H,18,22)(H,20,21). The number of hydrogen-bond acceptors (Lipinski definition) is 3. The molecule has 1 unspecified atom stereocenters. The number of nitrogens with zero attached hydrogens (tertiary/aromatic N) is 1. The highest BCUT2D eigenvalue weighted by Crippen LogP contribution is 2.21. The number of benzene rings is 1. The summed E-state index contributed by atoms with van der Waals surface area (Å²) in [4.78, 5) is 24.2. The summed E-state index contributed by atoms with van der Waals surface area (Å²) in [7, 11) is 0. The first-order valence-electron chi connectivity index (χ1n) is 6.83. The van der Waals surface area contributed by atoms with Gasteiger partial charge in [-0.15, -0.1) is 0 Å². The van der Waals surface area contributed by atoms with Crippen molar-refractivity contribution in [3.8, 4) is 5.75 Å². The molecule has 0 saturated carbocycles. The van der Waals surface area contributed by atoms with Crippen molar-refractivity contribution in [2.24, 2.45) is 5.92 Å². The third kappa shape index (κ3) is 5.04. The zero-order chi connectivity index (χ0) is 17.0. The van der Waals surface area contributed by atoms with E-state index in [1.807, 2.05) is 0 Å². The van der Waals surface area contributed by atoms with E-state index >= 15 is 0 Å². The number of likely N-dealkylation sites (tertiary alicyclic amines) is 1. The summed E-state index contributed by atoms with van der Waals surface area (Å²) in [6, 6.07) is 5.00. The van der Waals surface area contributed by atoms with Gasteiger partial charge >= 0.3 is 18.2 Å². The molecule has 6 nitrogen and oxygen atoms in total. The van der Waals surface area contributed by atoms with Gasteiger partial charge in [-0.3, -0.25) is 4.79 Å². The fourth-order valence-electron chi connectivity index (χ4n) is 2.15. The Morgan fingerprint density at radius 1 is 1.30 bits per heavy atom. The van der Waals surface area contributed by atoms with Crippen molar-refractivity contribution in [1.82, 2.24) is 4.90 Å². The average molecular weight is 332 g/mol. The van der Waals surface area contributed by atoms with Crippen molar-refractivity contribution >= 4 is 17.7 Å². The van der Waals surface area contributed by atoms with E-state index in [2.05, 4.69) is 10.1 Å². The van der Waals surface area contributed by atoms with Crippen LogP contribution in [0.3, 0.4) is 0 Å². The first kappa shape index (κ1) is 16.9. The highest BCUT2D eigenvalue weighted by atomic mass is 19.4. The molecule has 1 fully saturated rings. The van der Waals surface area contributed by atoms with E-state index in [-0.39, 0.29) is 12.3 Å². The van der Waals surface area contributed by atoms with E-state index in [1.165, 1.54) is 29.2 Å². The van der Waals surface area contributed by atoms with Crippen LogP contribution in [0.25, 0.3) is 0 Å². The Hall–Kier alpha value is -2.45. The fourth-order valence-corrected chi connectivity index (χ4v) is 2.15. The summed E-state index contributed by atoms with van der Waals surface area (Å²) < 4.78 is 40.6. The average Bonchev–Trinajstić information content (AvgIpc) is 2.96. The van der Waals surface area contributed by atoms with E-state index in [4.69, 9.17) is 5.11 Å². The van der Waals surface area contributed by atoms with Crippen LogP contribution in [-0.4, -0.2) is 47.9 Å². The second-order valence-corrected chi connectivity index (χ2v) is 5.13. The summed E-state index contributed by atoms with van der Waals surface area (Å²) in [5.74, 6) is -1.47. The fraction of sp³-hybridized carbons (Fsp3) is 0.429. The number of aliphatic carboxylic acids is 1. The van der Waals surface area contributed by atoms with Crippen molar-refractivity contribution in [2.45, 2.75) is 12.6 Å². The number of carboxylic acid groups (broad SMARTS) is 1. The molecule has 0 radical (unpaired) electrons. The third-order valence-electron chi connectivity index (χ3n) is 3.33. The maximum atomic E-state index is 12.0. The maximum absolute atomic E-state index is 12.0. The minimum Gasteiger partial charge on any atom is -0.484 e. The molecule has 0 bridgehead atoms. The van der Waals surface area contributed by atoms with Crippen molar-refractivity contribution in [3.05, 3.63) is 24.3 Å². The topological polar surface area (TPSA) is 78.9 Å². The lowest BCUT2D eigenvalue weighted by atomic mass is 10.1. The lowest BCUT2D eigenvalue weighted by molar-refractivity contribution is -0.153. The van der Waals surface area contributed by atoms with Gasteiger partial charge in [0, 0.05) is 18.8 Å². The van der Waals surface area contributed by atoms with Gasteiger partial charge in [-0.05, 0) is 30.7 Å². The minimum atomic E-state index is -4.41. The summed E-state index contributed by atoms with van der Waals surface area (Å²) in [5, 5.41) is 11.4. The normalized spacial score (nSPS) is 17.9. The third-order valence-corrected chi connectivity index (χ3v) is 3.33. The van der Waals surface area contributed by atoms with Crippen LogP contribution in [0.4, 0.5) is 23.7 Å². The molecule has 1 heterocycles. The van der Waals surface area contributed by atoms with E-state index in [1.54, 1.807) is 0 Å². The SMILES string of the molecule is O=C(O)C1CCN(C(=O)Nc2ccc(OCC(F)(F)F)cc2)C1. The molecule has 1 atom stereocenters. The Balaban J connectivity index is 1.86. The van der Waals surface area contributed by atoms with Crippen molar-refractivity contribution < 1.29 is 32.6 Å². The highest BCUT2D eigenvalue weighted by Gasteiger charge is 2.31. The van der Waals surface area contributed by atoms with Gasteiger partial charge in [0.25, 0.3) is 0 Å². The molecular formula is C14H15F3N2O4. The predicted octanol–water partition coefficient (Wildman–Crippen LogP) is 2.57. The largest absolute Gasteiger partial charge is 0.484 e. The summed E-state index contributed by atoms with van der Waals surface area (Å²) >= 11 is 0. The highest BCUT2D eigenvalue weighted by molar-refractivity contribution is 5.90. The number of rotatable bonds is 4. The molecule has 1 saturated heterocycles. The number of amides is 2. The van der Waals surface area contributed by atoms with Crippen LogP contribution in [0.5, 0.6) is 5.75 Å². The molecule has 1 aliphatic heterocycles. The van der Waals surface area contributed by atoms with Gasteiger partial charge in [-0.1, -0.05) is 0 Å². The minimum absolute atomic E-state index is 0.0347. The Labute approximate surface area is 129 Å². The second-order valence-electron chi connectivity index (χ2n) is 5.13. The van der Waals surface area contributed by atoms with Gasteiger partial charge in [0.15, 0.2) is 6.61 Å². The van der Waals surface area contributed by atoms with Gasteiger partial charge in [-0.25, -0.2) is 4.79 Å². The zero-order valence-corrected chi connectivity index (χ0v) is 12.0. The number of carboxylic acids is 1. The van der Waals surface area contributed by atoms with E-state index in [0.717, 1.165) is 0 Å². The van der Waals surface area contributed by atoms with Crippen LogP contribution in [-0.2, 0) is 4.79 Å². The molecule has 2 rings (SSSR count). The lowest BCUT2D eigenvalue weighted by Crippen LogP contribution is -2.33. The van der Waals surface area contributed by atoms with E-state index in [0.29, 0.717) is 18.7 Å². The van der Waals surface area contributed by atoms with Crippen LogP contribution in [0.1, 0.15) is 6.42 Å². The van der Waals surface area contributed by atoms with Gasteiger partial charge in [0.05, 0.1) is 5.92 Å². The number of halogens is 3. The van der Waals surface area contributed by atoms with Crippen molar-refractivity contribution in [1.29, 1.82) is 0 Å². The van der Waals surface area contributed by atoms with Crippen molar-refractivity contribution in [2.75, 3.05) is 25.0 Å². The molecule has 126 valence electrons. The van der Waals surface area contributed by atoms with E-state index < -0.39 is 30.7 Å². The number of hydrogen-bond donors (Lipinski definition) is 2. The number of carbonyl (C=O) groups is 2. The Kier molecular flexibility index (Phi) is 4.97. The van der Waals surface area contributed by atoms with Gasteiger partial charge in [-0.2, -0.15) is 13.2 Å². The summed E-state index contributed by atoms with van der Waals surface area (Å²) in [6.07, 6.45) is -4.02. The van der Waals surface area contributed by atoms with Crippen LogP contribution in [0.2, 0.25) is 0 Å². The Morgan fingerprint density at radius 3 is 2.48 bits per heavy atom. The predicted molar refractivity (Wildman–Crippen MR) is 74.3 cm³/mol. The number of ether oxygens (including phenoxy) is 1. The van der Waals surface area contributed by atoms with E-state index in [9.17, 15) is 22.8 Å². The Morgan fingerprint density at radius 2 is 1.96 bits per heavy atom. The Bertz CT molecular complexity index is 574. The molecule has 2 N–H and O–H groups in total. The molecule has 0 aliphatic carbocycles. The zero-order valence-electron chi connectivity index (χ0n) is 12.0. The van der Waals surface area contributed by atoms with Crippen molar-refractivity contribution in [3.63, 3.8) is 0 Å². The number of nitrogens with one attached hydrogen (secondary N) is 1. The molecule has 9 heteroatoms. The molecular weight excluding hydrogens is 317 g/mol. The molecule has 0 spiro atoms. The van der Waals surface area contributed by atoms with Crippen LogP contribution in [0.15, 0.2) is 24.3 Å². The van der Waals surface area contributed by atoms with Gasteiger partial charge < -0.3 is 20.1 Å². The van der Waals surface area contributed by atoms with Crippen LogP contribution < -0.4 is 10.1 Å². The number of urea groups is 1. The number of anilines is 1. The number of alkyl halides is 3. The molecule has 1 aromatic carbocycles. The second kappa shape index (κ2) is 6.76. The summed E-state index contributed by atoms with van der Waals surface area (Å²) in [6.45, 7) is -0.910. The molecule has 2 amide bonds. The monoisotopic (exact) mass is 332 g/mol. The van der Waals surface area contributed by atoms with Gasteiger partial charge in [0.1, 0.15) is 5.75 Å². The summed E-state index contributed by atoms with van der Waals surface area (Å²) in [5.41, 5.74) is 0.383. The smallest absolute Gasteiger partial charge is 0.422 e. The molecule has 23 heavy (non-hydrogen) atoms. The first-order chi connectivity index (χ1) is 10.7. The lowest BCUT2D eigenvalue weighted by Gasteiger charge is -2.17. The first-order valence-corrected chi connectivity index (χ1v) is 6.83. The maximum Gasteiger partial charge on any atom is 0.422 e. The molecule has 1 aliphatic rings. The van der Waals surface area contributed by atoms with Crippen LogP contribution in [0, 0.1) is 5.92 Å². The molecule has 0 aromatic heterocycles. The molecule has 1 aromatic rings. The quantitative estimate of drug-likeness (QED) is 0.888. The van der Waals surface area contributed by atoms with Gasteiger partial charge in [0.2, 0.25) is 0 Å².